The lowest BCUT2D eigenvalue weighted by atomic mass is 9.82. The van der Waals surface area contributed by atoms with Crippen LogP contribution >= 0.6 is 0 Å². The minimum atomic E-state index is -4.64. The zero-order valence-corrected chi connectivity index (χ0v) is 17.0. The van der Waals surface area contributed by atoms with Gasteiger partial charge in [-0.3, -0.25) is 9.53 Å². The first-order valence-electron chi connectivity index (χ1n) is 10.1. The fourth-order valence-electron chi connectivity index (χ4n) is 3.50. The van der Waals surface area contributed by atoms with E-state index >= 15 is 0 Å². The molecule has 4 rings (SSSR count). The average Bonchev–Trinajstić information content (AvgIpc) is 3.39. The number of aryl methyl sites for hydroxylation is 1. The van der Waals surface area contributed by atoms with Crippen molar-refractivity contribution < 1.29 is 32.0 Å². The number of ether oxygens (including phenoxy) is 1. The summed E-state index contributed by atoms with van der Waals surface area (Å²) in [6, 6.07) is 9.49. The van der Waals surface area contributed by atoms with Crippen molar-refractivity contribution in [2.45, 2.75) is 56.6 Å². The first-order valence-corrected chi connectivity index (χ1v) is 10.1. The molecule has 170 valence electrons. The number of allylic oxidation sites excluding steroid dienone is 1. The maximum absolute atomic E-state index is 12.4. The molecule has 2 aromatic rings. The summed E-state index contributed by atoms with van der Waals surface area (Å²) < 4.78 is 46.1. The lowest BCUT2D eigenvalue weighted by Gasteiger charge is -2.32. The van der Waals surface area contributed by atoms with E-state index in [-0.39, 0.29) is 36.5 Å². The number of benzene rings is 1. The summed E-state index contributed by atoms with van der Waals surface area (Å²) in [5.41, 5.74) is 1.66. The van der Waals surface area contributed by atoms with Gasteiger partial charge in [-0.25, -0.2) is 0 Å². The highest BCUT2D eigenvalue weighted by atomic mass is 19.4. The third kappa shape index (κ3) is 5.52. The van der Waals surface area contributed by atoms with Crippen LogP contribution in [0, 0.1) is 0 Å². The molecule has 0 saturated heterocycles. The highest BCUT2D eigenvalue weighted by Gasteiger charge is 2.42. The predicted octanol–water partition coefficient (Wildman–Crippen LogP) is 3.93. The Bertz CT molecular complexity index is 1000. The number of nitrogens with one attached hydrogen (secondary N) is 1. The molecule has 1 saturated carbocycles. The molecule has 0 spiro atoms. The number of hydrogen-bond acceptors (Lipinski definition) is 7. The van der Waals surface area contributed by atoms with E-state index in [1.54, 1.807) is 0 Å². The van der Waals surface area contributed by atoms with Crippen LogP contribution in [-0.4, -0.2) is 34.3 Å². The van der Waals surface area contributed by atoms with Gasteiger partial charge >= 0.3 is 6.36 Å². The number of hydrogen-bond donors (Lipinski definition) is 1. The van der Waals surface area contributed by atoms with Crippen LogP contribution < -0.4 is 5.32 Å². The summed E-state index contributed by atoms with van der Waals surface area (Å²) in [4.78, 5) is 17.7. The Labute approximate surface area is 181 Å². The number of rotatable bonds is 8. The Hall–Kier alpha value is -3.21. The normalized spacial score (nSPS) is 22.6. The highest BCUT2D eigenvalue weighted by Crippen LogP contribution is 2.40. The molecule has 1 fully saturated rings. The molecule has 1 aliphatic heterocycles. The topological polar surface area (TPSA) is 98.8 Å². The van der Waals surface area contributed by atoms with Crippen LogP contribution in [0.2, 0.25) is 0 Å². The molecule has 1 amide bonds. The number of aromatic nitrogens is 2. The number of halogens is 3. The minimum Gasteiger partial charge on any atom is -0.425 e. The van der Waals surface area contributed by atoms with Crippen molar-refractivity contribution in [1.82, 2.24) is 15.5 Å². The Balaban J connectivity index is 1.19. The van der Waals surface area contributed by atoms with Gasteiger partial charge in [-0.15, -0.1) is 23.4 Å². The Morgan fingerprint density at radius 3 is 2.69 bits per heavy atom. The first kappa shape index (κ1) is 22.0. The van der Waals surface area contributed by atoms with Crippen molar-refractivity contribution in [3.63, 3.8) is 0 Å². The van der Waals surface area contributed by atoms with E-state index < -0.39 is 12.5 Å². The molecule has 0 bridgehead atoms. The largest absolute Gasteiger partial charge is 0.522 e. The lowest BCUT2D eigenvalue weighted by Crippen LogP contribution is -2.34. The minimum absolute atomic E-state index is 0.179. The fourth-order valence-corrected chi connectivity index (χ4v) is 3.50. The monoisotopic (exact) mass is 450 g/mol. The van der Waals surface area contributed by atoms with Crippen LogP contribution in [0.15, 0.2) is 52.2 Å². The molecular weight excluding hydrogens is 429 g/mol. The average molecular weight is 450 g/mol. The van der Waals surface area contributed by atoms with E-state index in [0.717, 1.165) is 5.56 Å². The van der Waals surface area contributed by atoms with Crippen LogP contribution in [0.5, 0.6) is 0 Å². The molecule has 0 unspecified atom stereocenters. The van der Waals surface area contributed by atoms with E-state index in [9.17, 15) is 18.0 Å². The molecule has 11 heteroatoms. The number of oxime groups is 1. The van der Waals surface area contributed by atoms with Gasteiger partial charge in [0.1, 0.15) is 5.71 Å². The molecule has 1 aliphatic carbocycles. The van der Waals surface area contributed by atoms with Gasteiger partial charge in [0.25, 0.3) is 5.91 Å². The lowest BCUT2D eigenvalue weighted by molar-refractivity contribution is -0.352. The molecule has 1 aromatic heterocycles. The zero-order chi connectivity index (χ0) is 22.7. The number of nitrogens with zero attached hydrogens (tertiary/aromatic N) is 3. The molecule has 2 heterocycles. The number of amides is 1. The molecule has 1 aromatic carbocycles. The van der Waals surface area contributed by atoms with E-state index in [1.807, 2.05) is 30.3 Å². The Morgan fingerprint density at radius 1 is 1.22 bits per heavy atom. The molecule has 8 nitrogen and oxygen atoms in total. The molecule has 1 N–H and O–H groups in total. The molecule has 1 atom stereocenters. The molecular formula is C21H21F3N4O4. The van der Waals surface area contributed by atoms with Gasteiger partial charge in [-0.2, -0.15) is 0 Å². The van der Waals surface area contributed by atoms with Gasteiger partial charge in [0, 0.05) is 24.5 Å². The Kier molecular flexibility index (Phi) is 6.26. The van der Waals surface area contributed by atoms with Gasteiger partial charge < -0.3 is 14.6 Å². The van der Waals surface area contributed by atoms with E-state index in [1.165, 1.54) is 0 Å². The Morgan fingerprint density at radius 2 is 1.97 bits per heavy atom. The molecule has 0 radical (unpaired) electrons. The standard InChI is InChI=1S/C21H21F3N4O4/c1-12(25-19(29)16-11-17(32-28-16)13-5-3-2-4-6-13)7-8-18-26-27-20(30-18)14-9-15(10-14)31-21(22,23)24/h2-6,14-15,17H,1,7-11H2,(H,25,29)/t14-,15+,17-/m0/s1. The van der Waals surface area contributed by atoms with Gasteiger partial charge in [0.15, 0.2) is 6.10 Å². The van der Waals surface area contributed by atoms with Crippen molar-refractivity contribution in [3.05, 3.63) is 60.0 Å². The second kappa shape index (κ2) is 9.11. The number of carbonyl (C=O) groups excluding carboxylic acids is 1. The second-order valence-corrected chi connectivity index (χ2v) is 7.69. The number of carbonyl (C=O) groups is 1. The van der Waals surface area contributed by atoms with Gasteiger partial charge in [-0.1, -0.05) is 42.1 Å². The van der Waals surface area contributed by atoms with Crippen LogP contribution in [-0.2, 0) is 20.8 Å². The predicted molar refractivity (Wildman–Crippen MR) is 105 cm³/mol. The van der Waals surface area contributed by atoms with Crippen LogP contribution in [0.1, 0.15) is 55.1 Å². The summed E-state index contributed by atoms with van der Waals surface area (Å²) in [6.07, 6.45) is -4.42. The molecule has 32 heavy (non-hydrogen) atoms. The maximum Gasteiger partial charge on any atom is 0.522 e. The van der Waals surface area contributed by atoms with Crippen molar-refractivity contribution in [1.29, 1.82) is 0 Å². The van der Waals surface area contributed by atoms with Crippen LogP contribution in [0.4, 0.5) is 13.2 Å². The SMILES string of the molecule is C=C(CCc1nnc([C@H]2C[C@@H](OC(F)(F)F)C2)o1)NC(=O)C1=NO[C@H](c2ccccc2)C1. The van der Waals surface area contributed by atoms with Crippen LogP contribution in [0.3, 0.4) is 0 Å². The molecule has 2 aliphatic rings. The van der Waals surface area contributed by atoms with Crippen molar-refractivity contribution >= 4 is 11.6 Å². The van der Waals surface area contributed by atoms with E-state index in [2.05, 4.69) is 32.0 Å². The van der Waals surface area contributed by atoms with Gasteiger partial charge in [0.2, 0.25) is 11.8 Å². The summed E-state index contributed by atoms with van der Waals surface area (Å²) in [6.45, 7) is 3.83. The number of alkyl halides is 3. The summed E-state index contributed by atoms with van der Waals surface area (Å²) >= 11 is 0. The van der Waals surface area contributed by atoms with E-state index in [0.29, 0.717) is 36.7 Å². The van der Waals surface area contributed by atoms with Gasteiger partial charge in [-0.05, 0) is 24.8 Å². The first-order chi connectivity index (χ1) is 15.3. The highest BCUT2D eigenvalue weighted by molar-refractivity contribution is 6.39. The summed E-state index contributed by atoms with van der Waals surface area (Å²) in [7, 11) is 0. The summed E-state index contributed by atoms with van der Waals surface area (Å²) in [5.74, 6) is -0.0170. The quantitative estimate of drug-likeness (QED) is 0.654. The van der Waals surface area contributed by atoms with Crippen molar-refractivity contribution in [3.8, 4) is 0 Å². The summed E-state index contributed by atoms with van der Waals surface area (Å²) in [5, 5.41) is 14.4. The van der Waals surface area contributed by atoms with E-state index in [4.69, 9.17) is 9.25 Å². The third-order valence-corrected chi connectivity index (χ3v) is 5.26. The van der Waals surface area contributed by atoms with Crippen molar-refractivity contribution in [2.75, 3.05) is 0 Å². The van der Waals surface area contributed by atoms with Gasteiger partial charge in [0.05, 0.1) is 6.10 Å². The smallest absolute Gasteiger partial charge is 0.425 e. The maximum atomic E-state index is 12.4. The van der Waals surface area contributed by atoms with Crippen molar-refractivity contribution in [2.24, 2.45) is 5.16 Å². The second-order valence-electron chi connectivity index (χ2n) is 7.69. The van der Waals surface area contributed by atoms with Crippen LogP contribution in [0.25, 0.3) is 0 Å². The zero-order valence-electron chi connectivity index (χ0n) is 17.0. The fraction of sp³-hybridized carbons (Fsp3) is 0.429. The third-order valence-electron chi connectivity index (χ3n) is 5.26.